The molecule has 0 nitrogen and oxygen atoms in total. The molecule has 0 N–H and O–H groups in total. The molecule has 0 aliphatic heterocycles. The molecule has 42 heavy (non-hydrogen) atoms. The number of benzene rings is 2. The van der Waals surface area contributed by atoms with E-state index in [9.17, 15) is 0 Å². The van der Waals surface area contributed by atoms with Crippen molar-refractivity contribution in [3.05, 3.63) is 106 Å². The van der Waals surface area contributed by atoms with E-state index in [0.29, 0.717) is 5.41 Å². The van der Waals surface area contributed by atoms with Crippen LogP contribution in [0.5, 0.6) is 0 Å². The Labute approximate surface area is 284 Å². The zero-order valence-electron chi connectivity index (χ0n) is 27.5. The Morgan fingerprint density at radius 3 is 1.81 bits per heavy atom. The fraction of sp³-hybridized carbons (Fsp3) is 0.410. The van der Waals surface area contributed by atoms with Crippen LogP contribution in [0.4, 0.5) is 0 Å². The summed E-state index contributed by atoms with van der Waals surface area (Å²) in [6.45, 7) is 24.9. The van der Waals surface area contributed by atoms with E-state index in [4.69, 9.17) is 0 Å². The van der Waals surface area contributed by atoms with Gasteiger partial charge >= 0.3 is 41.3 Å². The number of rotatable bonds is 0. The van der Waals surface area contributed by atoms with E-state index in [1.807, 2.05) is 0 Å². The van der Waals surface area contributed by atoms with Crippen LogP contribution in [0.2, 0.25) is 0 Å². The zero-order valence-corrected chi connectivity index (χ0v) is 31.5. The van der Waals surface area contributed by atoms with Crippen molar-refractivity contribution in [1.82, 2.24) is 0 Å². The van der Waals surface area contributed by atoms with Crippen LogP contribution in [-0.2, 0) is 46.9 Å². The van der Waals surface area contributed by atoms with Crippen molar-refractivity contribution in [1.29, 1.82) is 0 Å². The van der Waals surface area contributed by atoms with Gasteiger partial charge in [0.2, 0.25) is 0 Å². The van der Waals surface area contributed by atoms with Gasteiger partial charge in [-0.2, -0.15) is 29.3 Å². The maximum absolute atomic E-state index is 2.51. The summed E-state index contributed by atoms with van der Waals surface area (Å²) in [7, 11) is 0. The second-order valence-corrected chi connectivity index (χ2v) is 16.9. The Balaban J connectivity index is 0.000000347. The Morgan fingerprint density at radius 1 is 0.810 bits per heavy atom. The molecule has 0 unspecified atom stereocenters. The van der Waals surface area contributed by atoms with Crippen LogP contribution >= 0.6 is 0 Å². The van der Waals surface area contributed by atoms with E-state index in [0.717, 1.165) is 12.8 Å². The molecule has 6 rings (SSSR count). The predicted molar refractivity (Wildman–Crippen MR) is 174 cm³/mol. The summed E-state index contributed by atoms with van der Waals surface area (Å²) in [5.74, 6) is 0. The van der Waals surface area contributed by atoms with Gasteiger partial charge in [0.05, 0.1) is 0 Å². The van der Waals surface area contributed by atoms with Gasteiger partial charge in [-0.3, -0.25) is 0 Å². The number of fused-ring (bicyclic) bond motifs is 5. The van der Waals surface area contributed by atoms with E-state index in [1.54, 1.807) is 24.2 Å². The van der Waals surface area contributed by atoms with E-state index in [1.165, 1.54) is 64.4 Å². The van der Waals surface area contributed by atoms with Crippen molar-refractivity contribution in [3.8, 4) is 11.1 Å². The molecule has 0 aromatic heterocycles. The first-order valence-electron chi connectivity index (χ1n) is 14.8. The molecule has 3 aliphatic carbocycles. The van der Waals surface area contributed by atoms with Crippen molar-refractivity contribution in [2.75, 3.05) is 0 Å². The van der Waals surface area contributed by atoms with Crippen molar-refractivity contribution in [2.24, 2.45) is 0 Å². The van der Waals surface area contributed by atoms with Crippen LogP contribution in [0.25, 0.3) is 22.3 Å². The minimum Gasteiger partial charge on any atom is -1.00 e. The summed E-state index contributed by atoms with van der Waals surface area (Å²) in [6.07, 6.45) is 9.28. The summed E-state index contributed by atoms with van der Waals surface area (Å²) in [4.78, 5) is 0. The monoisotopic (exact) mass is 676 g/mol. The fourth-order valence-corrected chi connectivity index (χ4v) is 6.05. The quantitative estimate of drug-likeness (QED) is 0.237. The number of allylic oxidation sites excluding steroid dienone is 4. The van der Waals surface area contributed by atoms with E-state index >= 15 is 0 Å². The van der Waals surface area contributed by atoms with Gasteiger partial charge in [0, 0.05) is 0 Å². The van der Waals surface area contributed by atoms with Crippen molar-refractivity contribution >= 4 is 14.4 Å². The molecule has 0 radical (unpaired) electrons. The van der Waals surface area contributed by atoms with E-state index in [-0.39, 0.29) is 35.6 Å². The van der Waals surface area contributed by atoms with Crippen LogP contribution < -0.4 is 24.8 Å². The number of hydrogen-bond donors (Lipinski definition) is 0. The Kier molecular flexibility index (Phi) is 11.9. The third-order valence-corrected chi connectivity index (χ3v) is 8.63. The van der Waals surface area contributed by atoms with Crippen LogP contribution in [-0.4, -0.2) is 3.21 Å². The molecule has 0 spiro atoms. The topological polar surface area (TPSA) is 0 Å². The van der Waals surface area contributed by atoms with Crippen LogP contribution in [0, 0.1) is 6.42 Å². The third kappa shape index (κ3) is 7.75. The van der Waals surface area contributed by atoms with Gasteiger partial charge in [-0.05, 0) is 70.2 Å². The molecular formula is C39H48Cl2Zr-2. The second-order valence-electron chi connectivity index (χ2n) is 14.4. The Hall–Kier alpha value is -1.53. The molecular weight excluding hydrogens is 631 g/mol. The van der Waals surface area contributed by atoms with Gasteiger partial charge in [-0.25, -0.2) is 18.6 Å². The maximum Gasteiger partial charge on any atom is -1.00 e. The average molecular weight is 679 g/mol. The summed E-state index contributed by atoms with van der Waals surface area (Å²) in [5, 5.41) is 0. The molecule has 0 saturated heterocycles. The smallest absolute Gasteiger partial charge is 1.00 e. The normalized spacial score (nSPS) is 16.4. The summed E-state index contributed by atoms with van der Waals surface area (Å²) in [6, 6.07) is 18.5. The van der Waals surface area contributed by atoms with Crippen LogP contribution in [0.3, 0.4) is 0 Å². The molecule has 3 aliphatic rings. The van der Waals surface area contributed by atoms with Gasteiger partial charge in [0.15, 0.2) is 0 Å². The molecule has 0 saturated carbocycles. The Morgan fingerprint density at radius 2 is 1.33 bits per heavy atom. The van der Waals surface area contributed by atoms with Gasteiger partial charge in [-0.1, -0.05) is 89.1 Å². The van der Waals surface area contributed by atoms with Gasteiger partial charge in [-0.15, -0.1) is 12.5 Å². The van der Waals surface area contributed by atoms with Crippen molar-refractivity contribution in [3.63, 3.8) is 0 Å². The van der Waals surface area contributed by atoms with Gasteiger partial charge in [0.25, 0.3) is 0 Å². The molecule has 3 aromatic carbocycles. The maximum atomic E-state index is 2.51. The van der Waals surface area contributed by atoms with Crippen LogP contribution in [0.1, 0.15) is 122 Å². The molecule has 3 aromatic rings. The van der Waals surface area contributed by atoms with Gasteiger partial charge in [0.1, 0.15) is 0 Å². The van der Waals surface area contributed by atoms with Gasteiger partial charge < -0.3 is 24.8 Å². The molecule has 0 atom stereocenters. The molecule has 0 heterocycles. The second kappa shape index (κ2) is 13.6. The first-order chi connectivity index (χ1) is 18.5. The zero-order chi connectivity index (χ0) is 29.6. The first-order valence-corrected chi connectivity index (χ1v) is 16.0. The molecule has 0 fully saturated rings. The summed E-state index contributed by atoms with van der Waals surface area (Å²) < 4.78 is 1.51. The number of hydrogen-bond acceptors (Lipinski definition) is 0. The van der Waals surface area contributed by atoms with Crippen LogP contribution in [0.15, 0.2) is 60.7 Å². The van der Waals surface area contributed by atoms with E-state index < -0.39 is 0 Å². The predicted octanol–water partition coefficient (Wildman–Crippen LogP) is 4.70. The summed E-state index contributed by atoms with van der Waals surface area (Å²) >= 11 is 1.55. The first kappa shape index (κ1) is 36.7. The van der Waals surface area contributed by atoms with Crippen molar-refractivity contribution in [2.45, 2.75) is 105 Å². The molecule has 0 amide bonds. The minimum atomic E-state index is 0. The minimum absolute atomic E-state index is 0. The molecule has 0 bridgehead atoms. The summed E-state index contributed by atoms with van der Waals surface area (Å²) in [5.41, 5.74) is 16.7. The molecule has 3 heteroatoms. The van der Waals surface area contributed by atoms with E-state index in [2.05, 4.69) is 143 Å². The SMILES string of the molecule is CC(C)(C)c1cc[cH-]c1.CC1=C[CH-]C(C)(C)c2cc3c(cc21)-c1cc2c(cc1C3)C(C)(C)CC=C2C.C[C](C)=[Zr+2].[Cl-].[Cl-]. The third-order valence-electron chi connectivity index (χ3n) is 8.63. The molecule has 224 valence electrons. The fourth-order valence-electron chi connectivity index (χ4n) is 6.05. The Bertz CT molecular complexity index is 1400. The average Bonchev–Trinajstić information content (AvgIpc) is 3.51. The number of halogens is 2. The van der Waals surface area contributed by atoms with Crippen molar-refractivity contribution < 1.29 is 49.0 Å². The standard InChI is InChI=1S/C27H29.C9H13.C3H6.2ClH.Zr/c1-16-7-9-26(3,4)24-12-18-11-19-13-25-21(17(2)8-10-27(25,5)6)15-23(19)22(18)14-20(16)24;1-9(2,3)8-6-4-5-7-8;1-3-2;;;/h7-9,12-15H,10-11H2,1-6H3;4-7H,1-3H3;1-2H3;2*1H;/q2*-1;;;;+2/p-2. The largest absolute Gasteiger partial charge is 1.00 e.